The van der Waals surface area contributed by atoms with Crippen LogP contribution in [-0.4, -0.2) is 23.4 Å². The fraction of sp³-hybridized carbons (Fsp3) is 0.389. The van der Waals surface area contributed by atoms with E-state index in [-0.39, 0.29) is 5.91 Å². The van der Waals surface area contributed by atoms with Crippen molar-refractivity contribution >= 4 is 17.2 Å². The summed E-state index contributed by atoms with van der Waals surface area (Å²) in [6, 6.07) is 14.6. The summed E-state index contributed by atoms with van der Waals surface area (Å²) in [5.41, 5.74) is 1.16. The summed E-state index contributed by atoms with van der Waals surface area (Å²) < 4.78 is 0. The van der Waals surface area contributed by atoms with E-state index in [1.54, 1.807) is 11.3 Å². The van der Waals surface area contributed by atoms with E-state index in [1.807, 2.05) is 29.2 Å². The Hall–Kier alpha value is -1.65. The summed E-state index contributed by atoms with van der Waals surface area (Å²) in [4.78, 5) is 15.7. The first-order valence-electron chi connectivity index (χ1n) is 7.76. The van der Waals surface area contributed by atoms with Crippen LogP contribution in [-0.2, 0) is 17.9 Å². The Balaban J connectivity index is 2.02. The normalized spacial score (nSPS) is 12.1. The first kappa shape index (κ1) is 16.7. The summed E-state index contributed by atoms with van der Waals surface area (Å²) >= 11 is 1.69. The van der Waals surface area contributed by atoms with E-state index in [4.69, 9.17) is 0 Å². The molecule has 4 heteroatoms. The predicted molar refractivity (Wildman–Crippen MR) is 92.8 cm³/mol. The molecule has 0 unspecified atom stereocenters. The Kier molecular flexibility index (Phi) is 6.62. The molecule has 0 fully saturated rings. The zero-order chi connectivity index (χ0) is 15.8. The largest absolute Gasteiger partial charge is 0.332 e. The number of nitrogens with zero attached hydrogens (tertiary/aromatic N) is 1. The lowest BCUT2D eigenvalue weighted by Crippen LogP contribution is -2.40. The van der Waals surface area contributed by atoms with Gasteiger partial charge in [-0.25, -0.2) is 0 Å². The van der Waals surface area contributed by atoms with Crippen LogP contribution >= 0.6 is 11.3 Å². The Morgan fingerprint density at radius 1 is 1.18 bits per heavy atom. The molecule has 0 spiro atoms. The molecule has 3 nitrogen and oxygen atoms in total. The van der Waals surface area contributed by atoms with E-state index in [1.165, 1.54) is 4.88 Å². The van der Waals surface area contributed by atoms with Gasteiger partial charge in [0.15, 0.2) is 0 Å². The van der Waals surface area contributed by atoms with Crippen molar-refractivity contribution in [2.45, 2.75) is 39.4 Å². The zero-order valence-corrected chi connectivity index (χ0v) is 14.1. The lowest BCUT2D eigenvalue weighted by atomic mass is 10.2. The molecule has 1 heterocycles. The van der Waals surface area contributed by atoms with Crippen LogP contribution in [0.25, 0.3) is 0 Å². The van der Waals surface area contributed by atoms with Gasteiger partial charge < -0.3 is 10.2 Å². The van der Waals surface area contributed by atoms with Gasteiger partial charge in [0.05, 0.1) is 13.1 Å². The van der Waals surface area contributed by atoms with E-state index in [2.05, 4.69) is 42.7 Å². The molecule has 1 atom stereocenters. The van der Waals surface area contributed by atoms with Gasteiger partial charge >= 0.3 is 0 Å². The Bertz CT molecular complexity index is 554. The molecule has 0 radical (unpaired) electrons. The Labute approximate surface area is 137 Å². The molecule has 0 aliphatic carbocycles. The third kappa shape index (κ3) is 5.28. The third-order valence-corrected chi connectivity index (χ3v) is 4.57. The maximum absolute atomic E-state index is 12.6. The highest BCUT2D eigenvalue weighted by Crippen LogP contribution is 2.14. The van der Waals surface area contributed by atoms with Crippen LogP contribution in [0.5, 0.6) is 0 Å². The minimum Gasteiger partial charge on any atom is -0.332 e. The molecule has 0 aliphatic heterocycles. The Morgan fingerprint density at radius 2 is 1.95 bits per heavy atom. The lowest BCUT2D eigenvalue weighted by Gasteiger charge is -2.23. The molecule has 1 amide bonds. The fourth-order valence-electron chi connectivity index (χ4n) is 2.14. The van der Waals surface area contributed by atoms with Gasteiger partial charge in [0.25, 0.3) is 0 Å². The predicted octanol–water partition coefficient (Wildman–Crippen LogP) is 3.67. The molecule has 2 aromatic rings. The number of rotatable bonds is 8. The number of nitrogens with one attached hydrogen (secondary N) is 1. The molecule has 2 rings (SSSR count). The second kappa shape index (κ2) is 8.71. The van der Waals surface area contributed by atoms with Crippen molar-refractivity contribution in [3.05, 3.63) is 58.3 Å². The van der Waals surface area contributed by atoms with Crippen molar-refractivity contribution in [2.75, 3.05) is 6.54 Å². The van der Waals surface area contributed by atoms with Crippen LogP contribution in [0.1, 0.15) is 30.7 Å². The van der Waals surface area contributed by atoms with E-state index in [9.17, 15) is 4.79 Å². The molecule has 0 saturated carbocycles. The van der Waals surface area contributed by atoms with Crippen LogP contribution in [0.15, 0.2) is 47.8 Å². The van der Waals surface area contributed by atoms with Crippen molar-refractivity contribution in [2.24, 2.45) is 0 Å². The summed E-state index contributed by atoms with van der Waals surface area (Å²) in [7, 11) is 0. The number of benzene rings is 1. The average molecular weight is 316 g/mol. The van der Waals surface area contributed by atoms with Crippen molar-refractivity contribution in [3.63, 3.8) is 0 Å². The molecule has 1 N–H and O–H groups in total. The van der Waals surface area contributed by atoms with Gasteiger partial charge in [-0.1, -0.05) is 43.3 Å². The second-order valence-electron chi connectivity index (χ2n) is 5.50. The third-order valence-electron chi connectivity index (χ3n) is 3.71. The molecular formula is C18H24N2OS. The number of thiophene rings is 1. The number of hydrogen-bond acceptors (Lipinski definition) is 3. The van der Waals surface area contributed by atoms with Gasteiger partial charge in [0.2, 0.25) is 5.91 Å². The standard InChI is InChI=1S/C18H24N2OS/c1-3-15(2)19-12-18(21)20(14-17-10-7-11-22-17)13-16-8-5-4-6-9-16/h4-11,15,19H,3,12-14H2,1-2H3/t15-/m1/s1. The van der Waals surface area contributed by atoms with Gasteiger partial charge in [0, 0.05) is 17.5 Å². The van der Waals surface area contributed by atoms with Crippen LogP contribution in [0.4, 0.5) is 0 Å². The highest BCUT2D eigenvalue weighted by atomic mass is 32.1. The monoisotopic (exact) mass is 316 g/mol. The van der Waals surface area contributed by atoms with Crippen LogP contribution in [0, 0.1) is 0 Å². The van der Waals surface area contributed by atoms with E-state index >= 15 is 0 Å². The van der Waals surface area contributed by atoms with E-state index in [0.29, 0.717) is 25.7 Å². The van der Waals surface area contributed by atoms with E-state index < -0.39 is 0 Å². The van der Waals surface area contributed by atoms with E-state index in [0.717, 1.165) is 12.0 Å². The summed E-state index contributed by atoms with van der Waals surface area (Å²) in [6.45, 7) is 5.95. The van der Waals surface area contributed by atoms with Gasteiger partial charge in [0.1, 0.15) is 0 Å². The number of amides is 1. The molecule has 118 valence electrons. The summed E-state index contributed by atoms with van der Waals surface area (Å²) in [6.07, 6.45) is 1.02. The first-order valence-corrected chi connectivity index (χ1v) is 8.64. The Morgan fingerprint density at radius 3 is 2.59 bits per heavy atom. The highest BCUT2D eigenvalue weighted by Gasteiger charge is 2.15. The molecular weight excluding hydrogens is 292 g/mol. The van der Waals surface area contributed by atoms with Gasteiger partial charge in [-0.2, -0.15) is 0 Å². The molecule has 1 aromatic heterocycles. The maximum Gasteiger partial charge on any atom is 0.237 e. The number of carbonyl (C=O) groups is 1. The van der Waals surface area contributed by atoms with Crippen molar-refractivity contribution in [1.82, 2.24) is 10.2 Å². The molecule has 0 aliphatic rings. The molecule has 0 saturated heterocycles. The topological polar surface area (TPSA) is 32.3 Å². The van der Waals surface area contributed by atoms with Crippen molar-refractivity contribution in [3.8, 4) is 0 Å². The van der Waals surface area contributed by atoms with Gasteiger partial charge in [-0.15, -0.1) is 11.3 Å². The SMILES string of the molecule is CC[C@@H](C)NCC(=O)N(Cc1ccccc1)Cc1cccs1. The molecule has 0 bridgehead atoms. The van der Waals surface area contributed by atoms with Crippen LogP contribution < -0.4 is 5.32 Å². The minimum absolute atomic E-state index is 0.151. The first-order chi connectivity index (χ1) is 10.7. The quantitative estimate of drug-likeness (QED) is 0.806. The zero-order valence-electron chi connectivity index (χ0n) is 13.3. The molecule has 1 aromatic carbocycles. The molecule has 22 heavy (non-hydrogen) atoms. The smallest absolute Gasteiger partial charge is 0.237 e. The van der Waals surface area contributed by atoms with Crippen LogP contribution in [0.2, 0.25) is 0 Å². The summed E-state index contributed by atoms with van der Waals surface area (Å²) in [5.74, 6) is 0.151. The second-order valence-corrected chi connectivity index (χ2v) is 6.54. The minimum atomic E-state index is 0.151. The van der Waals surface area contributed by atoms with Crippen LogP contribution in [0.3, 0.4) is 0 Å². The number of hydrogen-bond donors (Lipinski definition) is 1. The lowest BCUT2D eigenvalue weighted by molar-refractivity contribution is -0.131. The summed E-state index contributed by atoms with van der Waals surface area (Å²) in [5, 5.41) is 5.34. The van der Waals surface area contributed by atoms with Gasteiger partial charge in [-0.3, -0.25) is 4.79 Å². The number of carbonyl (C=O) groups excluding carboxylic acids is 1. The van der Waals surface area contributed by atoms with Crippen molar-refractivity contribution in [1.29, 1.82) is 0 Å². The van der Waals surface area contributed by atoms with Gasteiger partial charge in [-0.05, 0) is 30.4 Å². The maximum atomic E-state index is 12.6. The fourth-order valence-corrected chi connectivity index (χ4v) is 2.86. The van der Waals surface area contributed by atoms with Crippen molar-refractivity contribution < 1.29 is 4.79 Å². The highest BCUT2D eigenvalue weighted by molar-refractivity contribution is 7.09. The average Bonchev–Trinajstić information content (AvgIpc) is 3.05.